The second-order valence-corrected chi connectivity index (χ2v) is 3.90. The molecule has 0 bridgehead atoms. The zero-order chi connectivity index (χ0) is 13.1. The van der Waals surface area contributed by atoms with Gasteiger partial charge in [0, 0.05) is 19.0 Å². The van der Waals surface area contributed by atoms with E-state index in [0.717, 1.165) is 5.39 Å². The number of carbonyl (C=O) groups is 1. The topological polar surface area (TPSA) is 51.1 Å². The van der Waals surface area contributed by atoms with Crippen LogP contribution in [0.4, 0.5) is 0 Å². The summed E-state index contributed by atoms with van der Waals surface area (Å²) in [6, 6.07) is 8.94. The van der Waals surface area contributed by atoms with Crippen molar-refractivity contribution in [2.75, 3.05) is 7.05 Å². The molecular weight excluding hydrogens is 228 g/mol. The zero-order valence-electron chi connectivity index (χ0n) is 10.1. The van der Waals surface area contributed by atoms with Crippen LogP contribution in [-0.2, 0) is 6.54 Å². The van der Waals surface area contributed by atoms with E-state index >= 15 is 0 Å². The van der Waals surface area contributed by atoms with Gasteiger partial charge < -0.3 is 5.32 Å². The Balaban J connectivity index is 2.83. The molecule has 0 radical (unpaired) electrons. The van der Waals surface area contributed by atoms with E-state index in [1.54, 1.807) is 25.3 Å². The van der Waals surface area contributed by atoms with Gasteiger partial charge >= 0.3 is 0 Å². The maximum Gasteiger partial charge on any atom is 0.267 e. The Labute approximate surface area is 105 Å². The van der Waals surface area contributed by atoms with Gasteiger partial charge in [-0.05, 0) is 17.5 Å². The number of rotatable bonds is 3. The zero-order valence-corrected chi connectivity index (χ0v) is 10.1. The number of pyridine rings is 1. The average molecular weight is 242 g/mol. The van der Waals surface area contributed by atoms with Crippen molar-refractivity contribution in [3.05, 3.63) is 59.0 Å². The number of hydrogen-bond acceptors (Lipinski definition) is 2. The molecule has 2 rings (SSSR count). The fourth-order valence-corrected chi connectivity index (χ4v) is 1.92. The Kier molecular flexibility index (Phi) is 3.28. The molecule has 1 N–H and O–H groups in total. The van der Waals surface area contributed by atoms with E-state index in [-0.39, 0.29) is 11.5 Å². The molecule has 0 unspecified atom stereocenters. The Hall–Kier alpha value is -2.36. The number of hydrogen-bond donors (Lipinski definition) is 1. The van der Waals surface area contributed by atoms with Crippen LogP contribution in [0.15, 0.2) is 47.8 Å². The van der Waals surface area contributed by atoms with Crippen molar-refractivity contribution in [1.29, 1.82) is 0 Å². The second-order valence-electron chi connectivity index (χ2n) is 3.90. The molecule has 0 saturated heterocycles. The standard InChI is InChI=1S/C14H14N2O2/c1-3-8-16-12(13(17)15-2)9-10-6-4-5-7-11(10)14(16)18/h3-7,9H,1,8H2,2H3,(H,15,17). The van der Waals surface area contributed by atoms with E-state index < -0.39 is 0 Å². The number of carbonyl (C=O) groups excluding carboxylic acids is 1. The van der Waals surface area contributed by atoms with Gasteiger partial charge in [0.1, 0.15) is 5.69 Å². The van der Waals surface area contributed by atoms with Gasteiger partial charge in [-0.25, -0.2) is 0 Å². The number of nitrogens with one attached hydrogen (secondary N) is 1. The smallest absolute Gasteiger partial charge is 0.267 e. The Morgan fingerprint density at radius 1 is 1.44 bits per heavy atom. The molecule has 18 heavy (non-hydrogen) atoms. The van der Waals surface area contributed by atoms with Crippen LogP contribution < -0.4 is 10.9 Å². The molecule has 2 aromatic rings. The fraction of sp³-hybridized carbons (Fsp3) is 0.143. The molecule has 1 heterocycles. The molecule has 0 aliphatic rings. The largest absolute Gasteiger partial charge is 0.354 e. The number of aromatic nitrogens is 1. The van der Waals surface area contributed by atoms with Crippen molar-refractivity contribution in [2.45, 2.75) is 6.54 Å². The summed E-state index contributed by atoms with van der Waals surface area (Å²) in [6.45, 7) is 3.92. The summed E-state index contributed by atoms with van der Waals surface area (Å²) in [7, 11) is 1.54. The summed E-state index contributed by atoms with van der Waals surface area (Å²) in [5.74, 6) is -0.278. The molecule has 1 aromatic carbocycles. The number of amides is 1. The minimum absolute atomic E-state index is 0.174. The van der Waals surface area contributed by atoms with Crippen molar-refractivity contribution >= 4 is 16.7 Å². The van der Waals surface area contributed by atoms with Crippen LogP contribution in [0.2, 0.25) is 0 Å². The van der Waals surface area contributed by atoms with Crippen molar-refractivity contribution in [3.63, 3.8) is 0 Å². The van der Waals surface area contributed by atoms with Crippen molar-refractivity contribution in [3.8, 4) is 0 Å². The minimum atomic E-state index is -0.278. The van der Waals surface area contributed by atoms with Gasteiger partial charge in [-0.2, -0.15) is 0 Å². The average Bonchev–Trinajstić information content (AvgIpc) is 2.41. The van der Waals surface area contributed by atoms with Crippen LogP contribution >= 0.6 is 0 Å². The van der Waals surface area contributed by atoms with Gasteiger partial charge in [-0.1, -0.05) is 24.3 Å². The molecule has 0 aliphatic heterocycles. The lowest BCUT2D eigenvalue weighted by Gasteiger charge is -2.11. The number of nitrogens with zero attached hydrogens (tertiary/aromatic N) is 1. The van der Waals surface area contributed by atoms with Crippen LogP contribution in [0.3, 0.4) is 0 Å². The van der Waals surface area contributed by atoms with Gasteiger partial charge in [0.15, 0.2) is 0 Å². The summed E-state index contributed by atoms with van der Waals surface area (Å²) in [5, 5.41) is 3.91. The third kappa shape index (κ3) is 1.93. The van der Waals surface area contributed by atoms with Crippen LogP contribution in [-0.4, -0.2) is 17.5 Å². The monoisotopic (exact) mass is 242 g/mol. The molecule has 0 aliphatic carbocycles. The molecular formula is C14H14N2O2. The maximum atomic E-state index is 12.3. The summed E-state index contributed by atoms with van der Waals surface area (Å²) in [5.41, 5.74) is 0.174. The predicted molar refractivity (Wildman–Crippen MR) is 71.8 cm³/mol. The van der Waals surface area contributed by atoms with E-state index in [1.807, 2.05) is 18.2 Å². The predicted octanol–water partition coefficient (Wildman–Crippen LogP) is 1.55. The number of benzene rings is 1. The lowest BCUT2D eigenvalue weighted by Crippen LogP contribution is -2.30. The molecule has 0 saturated carbocycles. The maximum absolute atomic E-state index is 12.3. The highest BCUT2D eigenvalue weighted by Crippen LogP contribution is 2.12. The molecule has 1 aromatic heterocycles. The normalized spacial score (nSPS) is 10.3. The Morgan fingerprint density at radius 3 is 2.83 bits per heavy atom. The lowest BCUT2D eigenvalue weighted by atomic mass is 10.1. The molecule has 4 heteroatoms. The second kappa shape index (κ2) is 4.87. The summed E-state index contributed by atoms with van der Waals surface area (Å²) in [4.78, 5) is 24.1. The SMILES string of the molecule is C=CCn1c(C(=O)NC)cc2ccccc2c1=O. The first-order valence-corrected chi connectivity index (χ1v) is 5.64. The van der Waals surface area contributed by atoms with Crippen molar-refractivity contribution < 1.29 is 4.79 Å². The quantitative estimate of drug-likeness (QED) is 0.830. The molecule has 4 nitrogen and oxygen atoms in total. The number of allylic oxidation sites excluding steroid dienone is 1. The van der Waals surface area contributed by atoms with Gasteiger partial charge in [0.05, 0.1) is 0 Å². The van der Waals surface area contributed by atoms with Gasteiger partial charge in [0.2, 0.25) is 0 Å². The van der Waals surface area contributed by atoms with Crippen LogP contribution in [0, 0.1) is 0 Å². The third-order valence-electron chi connectivity index (χ3n) is 2.79. The molecule has 0 atom stereocenters. The summed E-state index contributed by atoms with van der Waals surface area (Å²) >= 11 is 0. The first-order chi connectivity index (χ1) is 8.69. The Morgan fingerprint density at radius 2 is 2.17 bits per heavy atom. The van der Waals surface area contributed by atoms with E-state index in [1.165, 1.54) is 4.57 Å². The van der Waals surface area contributed by atoms with E-state index in [0.29, 0.717) is 17.6 Å². The molecule has 0 spiro atoms. The van der Waals surface area contributed by atoms with E-state index in [2.05, 4.69) is 11.9 Å². The highest BCUT2D eigenvalue weighted by Gasteiger charge is 2.13. The first-order valence-electron chi connectivity index (χ1n) is 5.64. The van der Waals surface area contributed by atoms with Gasteiger partial charge in [-0.3, -0.25) is 14.2 Å². The van der Waals surface area contributed by atoms with Crippen LogP contribution in [0.5, 0.6) is 0 Å². The van der Waals surface area contributed by atoms with Crippen molar-refractivity contribution in [1.82, 2.24) is 9.88 Å². The van der Waals surface area contributed by atoms with Crippen molar-refractivity contribution in [2.24, 2.45) is 0 Å². The Bertz CT molecular complexity index is 671. The molecule has 1 amide bonds. The highest BCUT2D eigenvalue weighted by molar-refractivity contribution is 5.96. The molecule has 0 fully saturated rings. The first kappa shape index (κ1) is 12.1. The molecule has 92 valence electrons. The van der Waals surface area contributed by atoms with E-state index in [9.17, 15) is 9.59 Å². The minimum Gasteiger partial charge on any atom is -0.354 e. The number of fused-ring (bicyclic) bond motifs is 1. The lowest BCUT2D eigenvalue weighted by molar-refractivity contribution is 0.0953. The fourth-order valence-electron chi connectivity index (χ4n) is 1.92. The summed E-state index contributed by atoms with van der Waals surface area (Å²) < 4.78 is 1.42. The third-order valence-corrected chi connectivity index (χ3v) is 2.79. The van der Waals surface area contributed by atoms with E-state index in [4.69, 9.17) is 0 Å². The van der Waals surface area contributed by atoms with Crippen LogP contribution in [0.1, 0.15) is 10.5 Å². The highest BCUT2D eigenvalue weighted by atomic mass is 16.2. The summed E-state index contributed by atoms with van der Waals surface area (Å²) in [6.07, 6.45) is 1.60. The van der Waals surface area contributed by atoms with Gasteiger partial charge in [-0.15, -0.1) is 6.58 Å². The van der Waals surface area contributed by atoms with Gasteiger partial charge in [0.25, 0.3) is 11.5 Å². The van der Waals surface area contributed by atoms with Crippen LogP contribution in [0.25, 0.3) is 10.8 Å².